The molecule has 0 amide bonds. The van der Waals surface area contributed by atoms with Crippen LogP contribution in [0.3, 0.4) is 0 Å². The molecule has 0 aliphatic carbocycles. The van der Waals surface area contributed by atoms with E-state index in [9.17, 15) is 4.79 Å². The van der Waals surface area contributed by atoms with Gasteiger partial charge < -0.3 is 15.9 Å². The second-order valence-electron chi connectivity index (χ2n) is 2.37. The van der Waals surface area contributed by atoms with E-state index in [0.717, 1.165) is 0 Å². The third-order valence-corrected chi connectivity index (χ3v) is 1.40. The van der Waals surface area contributed by atoms with Gasteiger partial charge in [0.05, 0.1) is 6.61 Å². The molecule has 0 aromatic carbocycles. The fourth-order valence-corrected chi connectivity index (χ4v) is 0.700. The molecule has 0 rings (SSSR count). The first kappa shape index (κ1) is 9.39. The highest BCUT2D eigenvalue weighted by atomic mass is 16.4. The summed E-state index contributed by atoms with van der Waals surface area (Å²) in [5.74, 6) is -1.14. The fourth-order valence-electron chi connectivity index (χ4n) is 0.700. The number of carboxylic acid groups (broad SMARTS) is 1. The van der Waals surface area contributed by atoms with Crippen LogP contribution in [-0.2, 0) is 4.79 Å². The number of hydrogen-bond acceptors (Lipinski definition) is 3. The lowest BCUT2D eigenvalue weighted by Crippen LogP contribution is -2.51. The number of rotatable bonds is 4. The lowest BCUT2D eigenvalue weighted by molar-refractivity contribution is -0.145. The number of aliphatic hydroxyl groups is 1. The van der Waals surface area contributed by atoms with E-state index in [0.29, 0.717) is 12.8 Å². The van der Waals surface area contributed by atoms with Crippen molar-refractivity contribution in [3.8, 4) is 0 Å². The molecular weight excluding hydrogens is 134 g/mol. The summed E-state index contributed by atoms with van der Waals surface area (Å²) < 4.78 is 0. The van der Waals surface area contributed by atoms with Crippen LogP contribution in [0.25, 0.3) is 0 Å². The summed E-state index contributed by atoms with van der Waals surface area (Å²) in [6.45, 7) is 1.32. The predicted octanol–water partition coefficient (Wildman–Crippen LogP) is -0.439. The molecule has 1 atom stereocenters. The van der Waals surface area contributed by atoms with Crippen molar-refractivity contribution in [1.82, 2.24) is 0 Å². The number of carbonyl (C=O) groups is 1. The quantitative estimate of drug-likeness (QED) is 0.503. The fraction of sp³-hybridized carbons (Fsp3) is 0.833. The summed E-state index contributed by atoms with van der Waals surface area (Å²) in [4.78, 5) is 10.4. The van der Waals surface area contributed by atoms with E-state index >= 15 is 0 Å². The molecule has 0 unspecified atom stereocenters. The average Bonchev–Trinajstić information content (AvgIpc) is 1.88. The maximum Gasteiger partial charge on any atom is 0.326 e. The van der Waals surface area contributed by atoms with Crippen molar-refractivity contribution in [2.75, 3.05) is 6.61 Å². The molecule has 0 heterocycles. The van der Waals surface area contributed by atoms with Crippen LogP contribution in [0, 0.1) is 0 Å². The van der Waals surface area contributed by atoms with E-state index in [2.05, 4.69) is 0 Å². The molecule has 0 aliphatic rings. The van der Waals surface area contributed by atoms with Crippen molar-refractivity contribution in [2.45, 2.75) is 25.3 Å². The van der Waals surface area contributed by atoms with Crippen molar-refractivity contribution in [2.24, 2.45) is 5.73 Å². The zero-order chi connectivity index (χ0) is 8.20. The Labute approximate surface area is 59.7 Å². The zero-order valence-corrected chi connectivity index (χ0v) is 6.00. The SMILES string of the molecule is CCC[C@](N)(CO)C(=O)O. The van der Waals surface area contributed by atoms with E-state index in [1.54, 1.807) is 0 Å². The monoisotopic (exact) mass is 147 g/mol. The van der Waals surface area contributed by atoms with Crippen LogP contribution < -0.4 is 5.73 Å². The molecule has 0 saturated heterocycles. The molecule has 4 heteroatoms. The summed E-state index contributed by atoms with van der Waals surface area (Å²) in [6.07, 6.45) is 0.961. The molecule has 0 radical (unpaired) electrons. The number of hydrogen-bond donors (Lipinski definition) is 3. The summed E-state index contributed by atoms with van der Waals surface area (Å²) in [7, 11) is 0. The smallest absolute Gasteiger partial charge is 0.326 e. The van der Waals surface area contributed by atoms with Gasteiger partial charge in [-0.05, 0) is 6.42 Å². The first-order valence-corrected chi connectivity index (χ1v) is 3.20. The molecule has 0 aliphatic heterocycles. The Hall–Kier alpha value is -0.610. The topological polar surface area (TPSA) is 83.5 Å². The van der Waals surface area contributed by atoms with Gasteiger partial charge >= 0.3 is 5.97 Å². The van der Waals surface area contributed by atoms with Crippen LogP contribution in [0.4, 0.5) is 0 Å². The number of aliphatic carboxylic acids is 1. The van der Waals surface area contributed by atoms with Crippen LogP contribution >= 0.6 is 0 Å². The molecule has 0 spiro atoms. The van der Waals surface area contributed by atoms with Crippen molar-refractivity contribution in [3.05, 3.63) is 0 Å². The number of aliphatic hydroxyl groups excluding tert-OH is 1. The van der Waals surface area contributed by atoms with Gasteiger partial charge in [-0.15, -0.1) is 0 Å². The molecule has 4 nitrogen and oxygen atoms in total. The average molecular weight is 147 g/mol. The van der Waals surface area contributed by atoms with E-state index < -0.39 is 18.1 Å². The summed E-state index contributed by atoms with van der Waals surface area (Å²) in [5.41, 5.74) is 3.87. The largest absolute Gasteiger partial charge is 0.480 e. The maximum atomic E-state index is 10.4. The van der Waals surface area contributed by atoms with Gasteiger partial charge in [0.15, 0.2) is 0 Å². The molecule has 0 aromatic heterocycles. The molecule has 0 saturated carbocycles. The molecule has 10 heavy (non-hydrogen) atoms. The molecular formula is C6H13NO3. The minimum Gasteiger partial charge on any atom is -0.480 e. The van der Waals surface area contributed by atoms with Gasteiger partial charge in [0.1, 0.15) is 5.54 Å². The van der Waals surface area contributed by atoms with Crippen molar-refractivity contribution in [3.63, 3.8) is 0 Å². The van der Waals surface area contributed by atoms with E-state index in [1.165, 1.54) is 0 Å². The molecule has 60 valence electrons. The third-order valence-electron chi connectivity index (χ3n) is 1.40. The van der Waals surface area contributed by atoms with Gasteiger partial charge in [0.25, 0.3) is 0 Å². The number of carboxylic acids is 1. The van der Waals surface area contributed by atoms with Crippen LogP contribution in [0.15, 0.2) is 0 Å². The Morgan fingerprint density at radius 2 is 2.20 bits per heavy atom. The Morgan fingerprint density at radius 1 is 1.70 bits per heavy atom. The van der Waals surface area contributed by atoms with Crippen molar-refractivity contribution in [1.29, 1.82) is 0 Å². The van der Waals surface area contributed by atoms with Crippen LogP contribution in [0.5, 0.6) is 0 Å². The Kier molecular flexibility index (Phi) is 3.32. The summed E-state index contributed by atoms with van der Waals surface area (Å²) in [6, 6.07) is 0. The Balaban J connectivity index is 4.08. The molecule has 0 fully saturated rings. The normalized spacial score (nSPS) is 16.3. The summed E-state index contributed by atoms with van der Waals surface area (Å²) >= 11 is 0. The lowest BCUT2D eigenvalue weighted by Gasteiger charge is -2.20. The standard InChI is InChI=1S/C6H13NO3/c1-2-3-6(7,4-8)5(9)10/h8H,2-4,7H2,1H3,(H,9,10)/t6-/m0/s1. The Morgan fingerprint density at radius 3 is 2.30 bits per heavy atom. The van der Waals surface area contributed by atoms with Crippen LogP contribution in [0.1, 0.15) is 19.8 Å². The van der Waals surface area contributed by atoms with Gasteiger partial charge in [0.2, 0.25) is 0 Å². The first-order valence-electron chi connectivity index (χ1n) is 3.20. The van der Waals surface area contributed by atoms with E-state index in [-0.39, 0.29) is 0 Å². The highest BCUT2D eigenvalue weighted by molar-refractivity contribution is 5.78. The van der Waals surface area contributed by atoms with Gasteiger partial charge in [0, 0.05) is 0 Å². The van der Waals surface area contributed by atoms with Gasteiger partial charge in [-0.2, -0.15) is 0 Å². The highest BCUT2D eigenvalue weighted by Crippen LogP contribution is 2.07. The third kappa shape index (κ3) is 1.97. The van der Waals surface area contributed by atoms with Crippen LogP contribution in [0.2, 0.25) is 0 Å². The minimum atomic E-state index is -1.44. The lowest BCUT2D eigenvalue weighted by atomic mass is 9.97. The molecule has 0 aromatic rings. The highest BCUT2D eigenvalue weighted by Gasteiger charge is 2.31. The first-order chi connectivity index (χ1) is 4.56. The Bertz CT molecular complexity index is 126. The van der Waals surface area contributed by atoms with Gasteiger partial charge in [-0.25, -0.2) is 0 Å². The zero-order valence-electron chi connectivity index (χ0n) is 6.00. The second-order valence-corrected chi connectivity index (χ2v) is 2.37. The van der Waals surface area contributed by atoms with Gasteiger partial charge in [-0.1, -0.05) is 13.3 Å². The number of nitrogens with two attached hydrogens (primary N) is 1. The van der Waals surface area contributed by atoms with E-state index in [1.807, 2.05) is 6.92 Å². The predicted molar refractivity (Wildman–Crippen MR) is 36.5 cm³/mol. The van der Waals surface area contributed by atoms with Crippen molar-refractivity contribution >= 4 is 5.97 Å². The minimum absolute atomic E-state index is 0.304. The second kappa shape index (κ2) is 3.53. The maximum absolute atomic E-state index is 10.4. The van der Waals surface area contributed by atoms with Crippen molar-refractivity contribution < 1.29 is 15.0 Å². The van der Waals surface area contributed by atoms with E-state index in [4.69, 9.17) is 15.9 Å². The molecule has 4 N–H and O–H groups in total. The summed E-state index contributed by atoms with van der Waals surface area (Å²) in [5, 5.41) is 17.1. The van der Waals surface area contributed by atoms with Gasteiger partial charge in [-0.3, -0.25) is 4.79 Å². The van der Waals surface area contributed by atoms with Crippen LogP contribution in [-0.4, -0.2) is 28.3 Å². The molecule has 0 bridgehead atoms.